The molecule has 3 rings (SSSR count). The number of nitrogens with one attached hydrogen (secondary N) is 1. The van der Waals surface area contributed by atoms with E-state index in [1.165, 1.54) is 17.3 Å². The van der Waals surface area contributed by atoms with Crippen LogP contribution < -0.4 is 5.32 Å². The van der Waals surface area contributed by atoms with Crippen molar-refractivity contribution in [2.45, 2.75) is 25.4 Å². The molecule has 2 unspecified atom stereocenters. The number of hydrogen-bond acceptors (Lipinski definition) is 7. The zero-order valence-electron chi connectivity index (χ0n) is 10.6. The number of aliphatic hydroxyl groups excluding tert-OH is 1. The normalized spacial score (nSPS) is 22.1. The molecular formula is C11H14ClN7O. The van der Waals surface area contributed by atoms with E-state index in [-0.39, 0.29) is 17.3 Å². The molecule has 2 atom stereocenters. The highest BCUT2D eigenvalue weighted by Crippen LogP contribution is 2.25. The zero-order valence-corrected chi connectivity index (χ0v) is 11.4. The van der Waals surface area contributed by atoms with E-state index in [0.717, 1.165) is 19.3 Å². The van der Waals surface area contributed by atoms with Crippen LogP contribution >= 0.6 is 11.6 Å². The van der Waals surface area contributed by atoms with Crippen LogP contribution in [0.4, 0.5) is 5.95 Å². The summed E-state index contributed by atoms with van der Waals surface area (Å²) in [7, 11) is 0. The molecule has 0 amide bonds. The van der Waals surface area contributed by atoms with E-state index >= 15 is 0 Å². The van der Waals surface area contributed by atoms with E-state index in [2.05, 4.69) is 30.4 Å². The number of hydrogen-bond donors (Lipinski definition) is 2. The van der Waals surface area contributed by atoms with Gasteiger partial charge in [-0.2, -0.15) is 24.7 Å². The van der Waals surface area contributed by atoms with Crippen LogP contribution in [0.1, 0.15) is 19.3 Å². The fourth-order valence-corrected chi connectivity index (χ4v) is 2.47. The van der Waals surface area contributed by atoms with Crippen LogP contribution in [0.15, 0.2) is 12.7 Å². The Bertz CT molecular complexity index is 576. The van der Waals surface area contributed by atoms with Crippen molar-refractivity contribution in [2.75, 3.05) is 11.9 Å². The van der Waals surface area contributed by atoms with E-state index in [1.807, 2.05) is 0 Å². The molecule has 1 saturated carbocycles. The Kier molecular flexibility index (Phi) is 3.75. The van der Waals surface area contributed by atoms with Crippen molar-refractivity contribution in [3.05, 3.63) is 17.9 Å². The van der Waals surface area contributed by atoms with Gasteiger partial charge in [0.25, 0.3) is 5.95 Å². The van der Waals surface area contributed by atoms with Gasteiger partial charge in [0.1, 0.15) is 12.7 Å². The van der Waals surface area contributed by atoms with Gasteiger partial charge in [-0.25, -0.2) is 4.98 Å². The number of aliphatic hydroxyl groups is 1. The third kappa shape index (κ3) is 2.86. The minimum Gasteiger partial charge on any atom is -0.393 e. The number of nitrogens with zero attached hydrogens (tertiary/aromatic N) is 6. The molecular weight excluding hydrogens is 282 g/mol. The predicted octanol–water partition coefficient (Wildman–Crippen LogP) is 0.679. The van der Waals surface area contributed by atoms with Gasteiger partial charge in [-0.1, -0.05) is 6.42 Å². The van der Waals surface area contributed by atoms with Crippen LogP contribution in [0.2, 0.25) is 5.28 Å². The van der Waals surface area contributed by atoms with Gasteiger partial charge in [0.15, 0.2) is 0 Å². The smallest absolute Gasteiger partial charge is 0.258 e. The van der Waals surface area contributed by atoms with E-state index < -0.39 is 0 Å². The van der Waals surface area contributed by atoms with Gasteiger partial charge < -0.3 is 10.4 Å². The monoisotopic (exact) mass is 295 g/mol. The van der Waals surface area contributed by atoms with Crippen LogP contribution in [-0.4, -0.2) is 47.5 Å². The number of anilines is 1. The summed E-state index contributed by atoms with van der Waals surface area (Å²) in [6, 6.07) is 0. The first-order valence-corrected chi connectivity index (χ1v) is 6.78. The van der Waals surface area contributed by atoms with Gasteiger partial charge in [0.2, 0.25) is 11.2 Å². The lowest BCUT2D eigenvalue weighted by molar-refractivity contribution is 0.138. The third-order valence-corrected chi connectivity index (χ3v) is 3.53. The van der Waals surface area contributed by atoms with Gasteiger partial charge >= 0.3 is 0 Å². The number of aromatic nitrogens is 6. The summed E-state index contributed by atoms with van der Waals surface area (Å²) in [4.78, 5) is 16.1. The zero-order chi connectivity index (χ0) is 13.9. The Labute approximate surface area is 120 Å². The molecule has 2 heterocycles. The van der Waals surface area contributed by atoms with Crippen molar-refractivity contribution in [1.82, 2.24) is 29.7 Å². The fraction of sp³-hybridized carbons (Fsp3) is 0.545. The van der Waals surface area contributed by atoms with E-state index in [0.29, 0.717) is 18.4 Å². The largest absolute Gasteiger partial charge is 0.393 e. The first kappa shape index (κ1) is 13.2. The van der Waals surface area contributed by atoms with E-state index in [1.54, 1.807) is 0 Å². The SMILES string of the molecule is OC1CCCC1CNc1nc(Cl)nc(-n2cncn2)n1. The molecule has 0 bridgehead atoms. The predicted molar refractivity (Wildman–Crippen MR) is 71.6 cm³/mol. The maximum Gasteiger partial charge on any atom is 0.258 e. The van der Waals surface area contributed by atoms with E-state index in [9.17, 15) is 5.11 Å². The molecule has 1 aliphatic rings. The second-order valence-corrected chi connectivity index (χ2v) is 5.05. The molecule has 20 heavy (non-hydrogen) atoms. The Morgan fingerprint density at radius 1 is 1.35 bits per heavy atom. The molecule has 106 valence electrons. The summed E-state index contributed by atoms with van der Waals surface area (Å²) in [6.45, 7) is 0.609. The molecule has 8 nitrogen and oxygen atoms in total. The van der Waals surface area contributed by atoms with Crippen LogP contribution in [0.25, 0.3) is 5.95 Å². The van der Waals surface area contributed by atoms with Crippen LogP contribution in [0, 0.1) is 5.92 Å². The molecule has 0 saturated heterocycles. The first-order valence-electron chi connectivity index (χ1n) is 6.41. The lowest BCUT2D eigenvalue weighted by atomic mass is 10.1. The summed E-state index contributed by atoms with van der Waals surface area (Å²) in [6.07, 6.45) is 5.53. The van der Waals surface area contributed by atoms with Crippen molar-refractivity contribution >= 4 is 17.5 Å². The summed E-state index contributed by atoms with van der Waals surface area (Å²) in [5, 5.41) is 16.9. The molecule has 2 N–H and O–H groups in total. The highest BCUT2D eigenvalue weighted by molar-refractivity contribution is 6.28. The Morgan fingerprint density at radius 3 is 2.95 bits per heavy atom. The maximum atomic E-state index is 9.78. The second-order valence-electron chi connectivity index (χ2n) is 4.71. The fourth-order valence-electron chi connectivity index (χ4n) is 2.31. The van der Waals surface area contributed by atoms with Gasteiger partial charge in [0.05, 0.1) is 6.10 Å². The third-order valence-electron chi connectivity index (χ3n) is 3.36. The standard InChI is InChI=1S/C11H14ClN7O/c12-9-16-10(14-4-7-2-1-3-8(7)20)18-11(17-9)19-6-13-5-15-19/h5-8,20H,1-4H2,(H,14,16,17,18). The highest BCUT2D eigenvalue weighted by Gasteiger charge is 2.25. The highest BCUT2D eigenvalue weighted by atomic mass is 35.5. The minimum absolute atomic E-state index is 0.0833. The summed E-state index contributed by atoms with van der Waals surface area (Å²) in [5.74, 6) is 0.895. The molecule has 0 radical (unpaired) electrons. The summed E-state index contributed by atoms with van der Waals surface area (Å²) in [5.41, 5.74) is 0. The van der Waals surface area contributed by atoms with Crippen molar-refractivity contribution in [2.24, 2.45) is 5.92 Å². The van der Waals surface area contributed by atoms with E-state index in [4.69, 9.17) is 11.6 Å². The molecule has 1 aliphatic carbocycles. The van der Waals surface area contributed by atoms with Crippen LogP contribution in [0.3, 0.4) is 0 Å². The average Bonchev–Trinajstić information content (AvgIpc) is 3.07. The number of halogens is 1. The molecule has 9 heteroatoms. The molecule has 2 aromatic rings. The maximum absolute atomic E-state index is 9.78. The summed E-state index contributed by atoms with van der Waals surface area (Å²) >= 11 is 5.88. The van der Waals surface area contributed by atoms with Gasteiger partial charge in [0, 0.05) is 12.5 Å². The van der Waals surface area contributed by atoms with Gasteiger partial charge in [-0.05, 0) is 24.4 Å². The molecule has 0 aromatic carbocycles. The Hall–Kier alpha value is -1.80. The molecule has 0 spiro atoms. The van der Waals surface area contributed by atoms with Crippen molar-refractivity contribution < 1.29 is 5.11 Å². The van der Waals surface area contributed by atoms with Crippen LogP contribution in [0.5, 0.6) is 0 Å². The second kappa shape index (κ2) is 5.68. The van der Waals surface area contributed by atoms with Gasteiger partial charge in [-0.15, -0.1) is 0 Å². The Morgan fingerprint density at radius 2 is 2.25 bits per heavy atom. The van der Waals surface area contributed by atoms with Crippen molar-refractivity contribution in [3.63, 3.8) is 0 Å². The van der Waals surface area contributed by atoms with Gasteiger partial charge in [-0.3, -0.25) is 0 Å². The Balaban J connectivity index is 1.73. The molecule has 0 aliphatic heterocycles. The van der Waals surface area contributed by atoms with Crippen LogP contribution in [-0.2, 0) is 0 Å². The topological polar surface area (TPSA) is 102 Å². The molecule has 2 aromatic heterocycles. The quantitative estimate of drug-likeness (QED) is 0.855. The average molecular weight is 296 g/mol. The molecule has 1 fully saturated rings. The first-order chi connectivity index (χ1) is 9.72. The van der Waals surface area contributed by atoms with Crippen molar-refractivity contribution in [3.8, 4) is 5.95 Å². The number of rotatable bonds is 4. The minimum atomic E-state index is -0.255. The summed E-state index contributed by atoms with van der Waals surface area (Å²) < 4.78 is 1.41. The lowest BCUT2D eigenvalue weighted by Crippen LogP contribution is -2.23. The lowest BCUT2D eigenvalue weighted by Gasteiger charge is -2.15. The van der Waals surface area contributed by atoms with Crippen molar-refractivity contribution in [1.29, 1.82) is 0 Å².